The van der Waals surface area contributed by atoms with Crippen LogP contribution in [0.4, 0.5) is 0 Å². The Balaban J connectivity index is 4.31. The number of carbonyl (C=O) groups is 3. The number of allylic oxidation sites excluding steroid dienone is 18. The van der Waals surface area contributed by atoms with Crippen molar-refractivity contribution in [3.63, 3.8) is 0 Å². The van der Waals surface area contributed by atoms with Gasteiger partial charge in [-0.1, -0.05) is 297 Å². The summed E-state index contributed by atoms with van der Waals surface area (Å²) in [6, 6.07) is 0. The number of hydrogen-bond acceptors (Lipinski definition) is 6. The Morgan fingerprint density at radius 3 is 0.886 bits per heavy atom. The summed E-state index contributed by atoms with van der Waals surface area (Å²) in [5.41, 5.74) is 0. The monoisotopic (exact) mass is 1100 g/mol. The van der Waals surface area contributed by atoms with Gasteiger partial charge >= 0.3 is 17.9 Å². The summed E-state index contributed by atoms with van der Waals surface area (Å²) in [5.74, 6) is -1.00. The van der Waals surface area contributed by atoms with Crippen LogP contribution in [0.25, 0.3) is 0 Å². The normalized spacial score (nSPS) is 12.8. The van der Waals surface area contributed by atoms with Gasteiger partial charge < -0.3 is 14.2 Å². The maximum Gasteiger partial charge on any atom is 0.306 e. The van der Waals surface area contributed by atoms with E-state index in [4.69, 9.17) is 14.2 Å². The molecule has 0 aromatic carbocycles. The molecule has 1 atom stereocenters. The van der Waals surface area contributed by atoms with Crippen LogP contribution in [0, 0.1) is 0 Å². The molecule has 0 N–H and O–H groups in total. The molecule has 6 nitrogen and oxygen atoms in total. The molecule has 0 bridgehead atoms. The van der Waals surface area contributed by atoms with E-state index in [9.17, 15) is 14.4 Å². The van der Waals surface area contributed by atoms with E-state index < -0.39 is 12.1 Å². The summed E-state index contributed by atoms with van der Waals surface area (Å²) < 4.78 is 16.8. The van der Waals surface area contributed by atoms with Gasteiger partial charge in [0.1, 0.15) is 13.2 Å². The maximum atomic E-state index is 12.9. The van der Waals surface area contributed by atoms with Gasteiger partial charge in [-0.05, 0) is 109 Å². The first-order valence-corrected chi connectivity index (χ1v) is 33.4. The van der Waals surface area contributed by atoms with Crippen molar-refractivity contribution in [2.45, 2.75) is 322 Å². The van der Waals surface area contributed by atoms with Crippen molar-refractivity contribution in [3.05, 3.63) is 109 Å². The van der Waals surface area contributed by atoms with Gasteiger partial charge in [0.2, 0.25) is 0 Å². The minimum Gasteiger partial charge on any atom is -0.462 e. The zero-order chi connectivity index (χ0) is 57.1. The fraction of sp³-hybridized carbons (Fsp3) is 0.712. The smallest absolute Gasteiger partial charge is 0.306 e. The fourth-order valence-electron chi connectivity index (χ4n) is 9.27. The van der Waals surface area contributed by atoms with Gasteiger partial charge in [-0.25, -0.2) is 0 Å². The molecule has 6 heteroatoms. The molecule has 0 aromatic rings. The molecule has 0 fully saturated rings. The van der Waals surface area contributed by atoms with Crippen LogP contribution >= 0.6 is 0 Å². The third-order valence-corrected chi connectivity index (χ3v) is 14.2. The SMILES string of the molecule is CC/C=C\C/C=C\C/C=C\C/C=C\C/C=C\C/C=C\CCC(=O)OC(COC(=O)CCCCCCC/C=C\C/C=C\CCC)COC(=O)CCCCCCCCCCCCCCCCCCC/C=C\CCCCCCCCCC. The first-order valence-electron chi connectivity index (χ1n) is 33.4. The van der Waals surface area contributed by atoms with E-state index in [2.05, 4.69) is 124 Å². The molecule has 0 spiro atoms. The van der Waals surface area contributed by atoms with Crippen molar-refractivity contribution in [2.75, 3.05) is 13.2 Å². The van der Waals surface area contributed by atoms with Gasteiger partial charge in [0, 0.05) is 19.3 Å². The highest BCUT2D eigenvalue weighted by Gasteiger charge is 2.19. The van der Waals surface area contributed by atoms with Crippen LogP contribution in [0.5, 0.6) is 0 Å². The molecule has 0 aliphatic heterocycles. The second-order valence-corrected chi connectivity index (χ2v) is 22.0. The average molecular weight is 1100 g/mol. The lowest BCUT2D eigenvalue weighted by molar-refractivity contribution is -0.166. The molecule has 452 valence electrons. The lowest BCUT2D eigenvalue weighted by atomic mass is 10.0. The standard InChI is InChI=1S/C73H124O6/c1-4-7-10-13-16-19-22-25-27-29-31-32-33-34-35-36-37-38-39-40-42-43-45-48-51-54-57-60-63-66-72(75)78-69-70(68-77-71(74)65-62-59-56-53-50-47-24-21-18-15-12-9-6-3)79-73(76)67-64-61-58-55-52-49-46-44-41-30-28-26-23-20-17-14-11-8-5-2/h8,11-12,15,17,20-21,24,26,28-29,31,41,44,49,52,58,61,70H,4-7,9-10,13-14,16,18-19,22-23,25,27,30,32-40,42-43,45-48,50-51,53-57,59-60,62-69H2,1-3H3/b11-8-,15-12-,20-17-,24-21-,28-26-,31-29-,44-41-,52-49-,61-58-. The van der Waals surface area contributed by atoms with E-state index in [0.29, 0.717) is 19.3 Å². The first-order chi connectivity index (χ1) is 39.0. The topological polar surface area (TPSA) is 78.9 Å². The summed E-state index contributed by atoms with van der Waals surface area (Å²) in [5, 5.41) is 0. The van der Waals surface area contributed by atoms with Gasteiger partial charge in [-0.2, -0.15) is 0 Å². The Morgan fingerprint density at radius 2 is 0.544 bits per heavy atom. The van der Waals surface area contributed by atoms with Crippen LogP contribution in [0.2, 0.25) is 0 Å². The summed E-state index contributed by atoms with van der Waals surface area (Å²) in [7, 11) is 0. The summed E-state index contributed by atoms with van der Waals surface area (Å²) in [6.45, 7) is 6.41. The van der Waals surface area contributed by atoms with E-state index >= 15 is 0 Å². The molecule has 0 saturated carbocycles. The zero-order valence-corrected chi connectivity index (χ0v) is 51.9. The number of hydrogen-bond donors (Lipinski definition) is 0. The van der Waals surface area contributed by atoms with Gasteiger partial charge in [0.25, 0.3) is 0 Å². The third-order valence-electron chi connectivity index (χ3n) is 14.2. The molecule has 1 unspecified atom stereocenters. The van der Waals surface area contributed by atoms with Crippen molar-refractivity contribution < 1.29 is 28.6 Å². The zero-order valence-electron chi connectivity index (χ0n) is 51.9. The van der Waals surface area contributed by atoms with Crippen LogP contribution in [0.3, 0.4) is 0 Å². The van der Waals surface area contributed by atoms with Crippen LogP contribution in [-0.2, 0) is 28.6 Å². The molecular weight excluding hydrogens is 973 g/mol. The summed E-state index contributed by atoms with van der Waals surface area (Å²) >= 11 is 0. The number of carbonyl (C=O) groups excluding carboxylic acids is 3. The first kappa shape index (κ1) is 75.1. The third kappa shape index (κ3) is 64.8. The predicted molar refractivity (Wildman–Crippen MR) is 343 cm³/mol. The van der Waals surface area contributed by atoms with E-state index in [1.54, 1.807) is 0 Å². The Labute approximate surface area is 489 Å². The van der Waals surface area contributed by atoms with Crippen molar-refractivity contribution in [1.82, 2.24) is 0 Å². The minimum absolute atomic E-state index is 0.112. The van der Waals surface area contributed by atoms with Crippen LogP contribution in [0.1, 0.15) is 316 Å². The van der Waals surface area contributed by atoms with E-state index in [0.717, 1.165) is 109 Å². The number of ether oxygens (including phenoxy) is 3. The second kappa shape index (κ2) is 66.6. The number of unbranched alkanes of at least 4 members (excludes halogenated alkanes) is 31. The van der Waals surface area contributed by atoms with Crippen LogP contribution in [0.15, 0.2) is 109 Å². The molecule has 0 heterocycles. The molecule has 0 aliphatic rings. The largest absolute Gasteiger partial charge is 0.462 e. The lowest BCUT2D eigenvalue weighted by Gasteiger charge is -2.18. The average Bonchev–Trinajstić information content (AvgIpc) is 3.45. The van der Waals surface area contributed by atoms with Crippen LogP contribution < -0.4 is 0 Å². The van der Waals surface area contributed by atoms with Crippen molar-refractivity contribution in [3.8, 4) is 0 Å². The van der Waals surface area contributed by atoms with Crippen molar-refractivity contribution >= 4 is 17.9 Å². The van der Waals surface area contributed by atoms with E-state index in [1.807, 2.05) is 6.08 Å². The second-order valence-electron chi connectivity index (χ2n) is 22.0. The highest BCUT2D eigenvalue weighted by Crippen LogP contribution is 2.17. The predicted octanol–water partition coefficient (Wildman–Crippen LogP) is 23.0. The Bertz CT molecular complexity index is 1590. The maximum absolute atomic E-state index is 12.9. The molecule has 0 saturated heterocycles. The highest BCUT2D eigenvalue weighted by atomic mass is 16.6. The van der Waals surface area contributed by atoms with Gasteiger partial charge in [0.15, 0.2) is 6.10 Å². The van der Waals surface area contributed by atoms with Crippen LogP contribution in [-0.4, -0.2) is 37.2 Å². The minimum atomic E-state index is -0.826. The molecule has 0 amide bonds. The molecule has 0 rings (SSSR count). The lowest BCUT2D eigenvalue weighted by Crippen LogP contribution is -2.30. The Morgan fingerprint density at radius 1 is 0.266 bits per heavy atom. The number of esters is 3. The summed E-state index contributed by atoms with van der Waals surface area (Å²) in [6.07, 6.45) is 91.3. The Kier molecular flexibility index (Phi) is 63.3. The molecule has 79 heavy (non-hydrogen) atoms. The fourth-order valence-corrected chi connectivity index (χ4v) is 9.27. The molecular formula is C73H124O6. The van der Waals surface area contributed by atoms with Crippen molar-refractivity contribution in [1.29, 1.82) is 0 Å². The van der Waals surface area contributed by atoms with Gasteiger partial charge in [-0.3, -0.25) is 14.4 Å². The molecule has 0 aromatic heterocycles. The Hall–Kier alpha value is -3.93. The summed E-state index contributed by atoms with van der Waals surface area (Å²) in [4.78, 5) is 38.3. The molecule has 0 aliphatic carbocycles. The van der Waals surface area contributed by atoms with E-state index in [1.165, 1.54) is 161 Å². The number of rotatable bonds is 60. The highest BCUT2D eigenvalue weighted by molar-refractivity contribution is 5.71. The van der Waals surface area contributed by atoms with E-state index in [-0.39, 0.29) is 31.6 Å². The van der Waals surface area contributed by atoms with Gasteiger partial charge in [-0.15, -0.1) is 0 Å². The van der Waals surface area contributed by atoms with Gasteiger partial charge in [0.05, 0.1) is 0 Å². The molecule has 0 radical (unpaired) electrons. The van der Waals surface area contributed by atoms with Crippen molar-refractivity contribution in [2.24, 2.45) is 0 Å². The quantitative estimate of drug-likeness (QED) is 0.0261.